The SMILES string of the molecule is CC1=NN(c2ccc(C(=O)OCC(=O)c3ccc4c(c3)OCCCO4)cc2)CC1. The highest BCUT2D eigenvalue weighted by molar-refractivity contribution is 6.00. The predicted molar refractivity (Wildman–Crippen MR) is 108 cm³/mol. The molecular weight excluding hydrogens is 372 g/mol. The van der Waals surface area contributed by atoms with Crippen molar-refractivity contribution < 1.29 is 23.8 Å². The molecule has 2 aliphatic heterocycles. The van der Waals surface area contributed by atoms with Gasteiger partial charge in [0, 0.05) is 30.7 Å². The predicted octanol–water partition coefficient (Wildman–Crippen LogP) is 3.47. The molecule has 0 N–H and O–H groups in total. The summed E-state index contributed by atoms with van der Waals surface area (Å²) < 4.78 is 16.3. The van der Waals surface area contributed by atoms with Crippen LogP contribution in [0.25, 0.3) is 0 Å². The van der Waals surface area contributed by atoms with Crippen LogP contribution in [0.2, 0.25) is 0 Å². The number of ketones is 1. The van der Waals surface area contributed by atoms with Crippen molar-refractivity contribution in [3.63, 3.8) is 0 Å². The third-order valence-electron chi connectivity index (χ3n) is 4.78. The van der Waals surface area contributed by atoms with E-state index in [2.05, 4.69) is 5.10 Å². The normalized spacial score (nSPS) is 15.5. The van der Waals surface area contributed by atoms with Crippen LogP contribution in [0.3, 0.4) is 0 Å². The van der Waals surface area contributed by atoms with Gasteiger partial charge in [0.2, 0.25) is 0 Å². The molecule has 0 radical (unpaired) electrons. The van der Waals surface area contributed by atoms with Gasteiger partial charge in [-0.25, -0.2) is 4.79 Å². The molecule has 29 heavy (non-hydrogen) atoms. The largest absolute Gasteiger partial charge is 0.490 e. The molecule has 0 bridgehead atoms. The van der Waals surface area contributed by atoms with Crippen LogP contribution in [-0.2, 0) is 4.74 Å². The molecule has 150 valence electrons. The second-order valence-electron chi connectivity index (χ2n) is 6.97. The number of carbonyl (C=O) groups excluding carboxylic acids is 2. The van der Waals surface area contributed by atoms with Crippen LogP contribution in [0, 0.1) is 0 Å². The molecule has 0 saturated carbocycles. The van der Waals surface area contributed by atoms with E-state index in [9.17, 15) is 9.59 Å². The van der Waals surface area contributed by atoms with Gasteiger partial charge in [-0.05, 0) is 49.4 Å². The van der Waals surface area contributed by atoms with E-state index in [0.29, 0.717) is 35.8 Å². The fourth-order valence-corrected chi connectivity index (χ4v) is 3.16. The molecule has 7 nitrogen and oxygen atoms in total. The van der Waals surface area contributed by atoms with Crippen molar-refractivity contribution in [1.82, 2.24) is 0 Å². The molecule has 0 spiro atoms. The molecule has 2 aromatic carbocycles. The number of fused-ring (bicyclic) bond motifs is 1. The lowest BCUT2D eigenvalue weighted by Gasteiger charge is -2.13. The molecule has 0 fully saturated rings. The zero-order chi connectivity index (χ0) is 20.2. The Hall–Kier alpha value is -3.35. The first-order valence-corrected chi connectivity index (χ1v) is 9.62. The topological polar surface area (TPSA) is 77.4 Å². The molecule has 7 heteroatoms. The Morgan fingerprint density at radius 2 is 1.76 bits per heavy atom. The number of hydrazone groups is 1. The first-order chi connectivity index (χ1) is 14.1. The van der Waals surface area contributed by atoms with Gasteiger partial charge in [0.05, 0.1) is 24.5 Å². The second-order valence-corrected chi connectivity index (χ2v) is 6.97. The highest BCUT2D eigenvalue weighted by Gasteiger charge is 2.17. The first kappa shape index (κ1) is 19.0. The van der Waals surface area contributed by atoms with E-state index in [-0.39, 0.29) is 12.4 Å². The van der Waals surface area contributed by atoms with Gasteiger partial charge in [0.25, 0.3) is 0 Å². The van der Waals surface area contributed by atoms with Gasteiger partial charge in [0.1, 0.15) is 0 Å². The maximum Gasteiger partial charge on any atom is 0.338 e. The summed E-state index contributed by atoms with van der Waals surface area (Å²) in [5, 5.41) is 6.33. The van der Waals surface area contributed by atoms with Crippen molar-refractivity contribution in [3.8, 4) is 11.5 Å². The van der Waals surface area contributed by atoms with E-state index in [1.807, 2.05) is 24.1 Å². The molecule has 0 saturated heterocycles. The number of hydrogen-bond acceptors (Lipinski definition) is 7. The zero-order valence-electron chi connectivity index (χ0n) is 16.2. The monoisotopic (exact) mass is 394 g/mol. The van der Waals surface area contributed by atoms with Crippen LogP contribution in [0.1, 0.15) is 40.5 Å². The average Bonchev–Trinajstić information content (AvgIpc) is 3.04. The summed E-state index contributed by atoms with van der Waals surface area (Å²) in [6.45, 7) is 3.61. The number of carbonyl (C=O) groups is 2. The minimum atomic E-state index is -0.541. The Balaban J connectivity index is 1.35. The Labute approximate surface area is 168 Å². The van der Waals surface area contributed by atoms with Gasteiger partial charge in [0.15, 0.2) is 23.9 Å². The van der Waals surface area contributed by atoms with Gasteiger partial charge >= 0.3 is 5.97 Å². The van der Waals surface area contributed by atoms with Crippen LogP contribution >= 0.6 is 0 Å². The lowest BCUT2D eigenvalue weighted by Crippen LogP contribution is -2.15. The summed E-state index contributed by atoms with van der Waals surface area (Å²) in [7, 11) is 0. The summed E-state index contributed by atoms with van der Waals surface area (Å²) in [5.41, 5.74) is 2.81. The van der Waals surface area contributed by atoms with Crippen LogP contribution in [0.5, 0.6) is 11.5 Å². The second kappa shape index (κ2) is 8.34. The summed E-state index contributed by atoms with van der Waals surface area (Å²) in [6.07, 6.45) is 1.73. The molecular formula is C22H22N2O5. The Bertz CT molecular complexity index is 952. The van der Waals surface area contributed by atoms with Gasteiger partial charge in [-0.2, -0.15) is 5.10 Å². The number of nitrogens with zero attached hydrogens (tertiary/aromatic N) is 2. The molecule has 2 aliphatic rings. The molecule has 0 atom stereocenters. The quantitative estimate of drug-likeness (QED) is 0.571. The summed E-state index contributed by atoms with van der Waals surface area (Å²) in [5.74, 6) is 0.316. The van der Waals surface area contributed by atoms with Gasteiger partial charge in [-0.3, -0.25) is 9.80 Å². The van der Waals surface area contributed by atoms with E-state index < -0.39 is 5.97 Å². The fourth-order valence-electron chi connectivity index (χ4n) is 3.16. The van der Waals surface area contributed by atoms with Crippen molar-refractivity contribution >= 4 is 23.2 Å². The summed E-state index contributed by atoms with van der Waals surface area (Å²) in [6, 6.07) is 12.0. The lowest BCUT2D eigenvalue weighted by atomic mass is 10.1. The number of benzene rings is 2. The number of rotatable bonds is 5. The number of esters is 1. The number of hydrogen-bond donors (Lipinski definition) is 0. The minimum Gasteiger partial charge on any atom is -0.490 e. The zero-order valence-corrected chi connectivity index (χ0v) is 16.2. The lowest BCUT2D eigenvalue weighted by molar-refractivity contribution is 0.0474. The van der Waals surface area contributed by atoms with Crippen molar-refractivity contribution in [2.75, 3.05) is 31.4 Å². The summed E-state index contributed by atoms with van der Waals surface area (Å²) >= 11 is 0. The Morgan fingerprint density at radius 1 is 1.03 bits per heavy atom. The van der Waals surface area contributed by atoms with Crippen LogP contribution in [0.15, 0.2) is 47.6 Å². The molecule has 0 aliphatic carbocycles. The van der Waals surface area contributed by atoms with E-state index in [1.165, 1.54) is 0 Å². The molecule has 0 aromatic heterocycles. The van der Waals surface area contributed by atoms with Crippen molar-refractivity contribution in [3.05, 3.63) is 53.6 Å². The first-order valence-electron chi connectivity index (χ1n) is 9.62. The Kier molecular flexibility index (Phi) is 5.46. The molecule has 0 unspecified atom stereocenters. The molecule has 0 amide bonds. The van der Waals surface area contributed by atoms with Crippen LogP contribution in [-0.4, -0.2) is 43.8 Å². The van der Waals surface area contributed by atoms with Crippen molar-refractivity contribution in [2.24, 2.45) is 5.10 Å². The van der Waals surface area contributed by atoms with Crippen LogP contribution in [0.4, 0.5) is 5.69 Å². The smallest absolute Gasteiger partial charge is 0.338 e. The average molecular weight is 394 g/mol. The van der Waals surface area contributed by atoms with Gasteiger partial charge in [-0.1, -0.05) is 0 Å². The number of ether oxygens (including phenoxy) is 3. The Morgan fingerprint density at radius 3 is 2.48 bits per heavy atom. The van der Waals surface area contributed by atoms with E-state index in [4.69, 9.17) is 14.2 Å². The van der Waals surface area contributed by atoms with Gasteiger partial charge in [-0.15, -0.1) is 0 Å². The minimum absolute atomic E-state index is 0.299. The molecule has 2 heterocycles. The number of anilines is 1. The molecule has 2 aromatic rings. The third-order valence-corrected chi connectivity index (χ3v) is 4.78. The van der Waals surface area contributed by atoms with E-state index >= 15 is 0 Å². The van der Waals surface area contributed by atoms with Gasteiger partial charge < -0.3 is 14.2 Å². The fraction of sp³-hybridized carbons (Fsp3) is 0.318. The van der Waals surface area contributed by atoms with Crippen molar-refractivity contribution in [2.45, 2.75) is 19.8 Å². The van der Waals surface area contributed by atoms with Crippen LogP contribution < -0.4 is 14.5 Å². The molecule has 4 rings (SSSR count). The maximum atomic E-state index is 12.4. The number of Topliss-reactive ketones (excluding diaryl/α,β-unsaturated/α-hetero) is 1. The summed E-state index contributed by atoms with van der Waals surface area (Å²) in [4.78, 5) is 24.7. The van der Waals surface area contributed by atoms with E-state index in [1.54, 1.807) is 30.3 Å². The maximum absolute atomic E-state index is 12.4. The highest BCUT2D eigenvalue weighted by atomic mass is 16.5. The highest BCUT2D eigenvalue weighted by Crippen LogP contribution is 2.30. The third kappa shape index (κ3) is 4.39. The standard InChI is InChI=1S/C22H22N2O5/c1-15-9-10-24(23-15)18-6-3-16(4-7-18)22(26)29-14-19(25)17-5-8-20-21(13-17)28-12-2-11-27-20/h3-8,13H,2,9-12,14H2,1H3. The van der Waals surface area contributed by atoms with E-state index in [0.717, 1.165) is 30.8 Å². The van der Waals surface area contributed by atoms with Crippen molar-refractivity contribution in [1.29, 1.82) is 0 Å².